The van der Waals surface area contributed by atoms with Crippen molar-refractivity contribution >= 4 is 16.1 Å². The maximum absolute atomic E-state index is 10.7. The van der Waals surface area contributed by atoms with Crippen molar-refractivity contribution in [1.29, 1.82) is 0 Å². The van der Waals surface area contributed by atoms with Crippen molar-refractivity contribution < 1.29 is 22.5 Å². The summed E-state index contributed by atoms with van der Waals surface area (Å²) in [5.74, 6) is 0.926. The third-order valence-electron chi connectivity index (χ3n) is 1.08. The number of hydrogen-bond donors (Lipinski definition) is 1. The normalized spacial score (nSPS) is 13.1. The first-order valence-electron chi connectivity index (χ1n) is 2.96. The highest BCUT2D eigenvalue weighted by molar-refractivity contribution is 7.87. The van der Waals surface area contributed by atoms with E-state index in [-0.39, 0.29) is 6.61 Å². The molecule has 0 aliphatic heterocycles. The molecular formula is C6H8O5S. The van der Waals surface area contributed by atoms with Crippen molar-refractivity contribution in [2.45, 2.75) is 12.2 Å². The molecule has 0 fully saturated rings. The second-order valence-corrected chi connectivity index (χ2v) is 3.71. The van der Waals surface area contributed by atoms with Crippen molar-refractivity contribution in [3.63, 3.8) is 0 Å². The van der Waals surface area contributed by atoms with Crippen LogP contribution in [0.4, 0.5) is 0 Å². The van der Waals surface area contributed by atoms with Crippen LogP contribution in [-0.2, 0) is 19.6 Å². The van der Waals surface area contributed by atoms with E-state index in [1.807, 2.05) is 5.92 Å². The molecule has 0 aliphatic carbocycles. The van der Waals surface area contributed by atoms with Crippen LogP contribution in [0.2, 0.25) is 0 Å². The van der Waals surface area contributed by atoms with Crippen molar-refractivity contribution in [3.8, 4) is 12.3 Å². The van der Waals surface area contributed by atoms with Crippen molar-refractivity contribution in [1.82, 2.24) is 0 Å². The summed E-state index contributed by atoms with van der Waals surface area (Å²) < 4.78 is 33.3. The van der Waals surface area contributed by atoms with Gasteiger partial charge in [0.05, 0.1) is 0 Å². The lowest BCUT2D eigenvalue weighted by Crippen LogP contribution is -2.28. The molecule has 1 atom stereocenters. The Bertz CT molecular complexity index is 296. The quantitative estimate of drug-likeness (QED) is 0.368. The van der Waals surface area contributed by atoms with Crippen LogP contribution in [-0.4, -0.2) is 30.8 Å². The van der Waals surface area contributed by atoms with E-state index in [9.17, 15) is 13.2 Å². The third kappa shape index (κ3) is 3.37. The maximum Gasteiger partial charge on any atom is 0.327 e. The van der Waals surface area contributed by atoms with Gasteiger partial charge in [-0.2, -0.15) is 8.42 Å². The summed E-state index contributed by atoms with van der Waals surface area (Å²) in [6.07, 6.45) is 4.75. The molecule has 1 N–H and O–H groups in total. The van der Waals surface area contributed by atoms with Crippen LogP contribution in [0.5, 0.6) is 0 Å². The number of hydrogen-bond acceptors (Lipinski definition) is 4. The van der Waals surface area contributed by atoms with Gasteiger partial charge in [-0.05, 0) is 6.92 Å². The van der Waals surface area contributed by atoms with E-state index < -0.39 is 21.3 Å². The summed E-state index contributed by atoms with van der Waals surface area (Å²) in [5.41, 5.74) is 0. The Balaban J connectivity index is 4.24. The number of terminal acetylenes is 1. The number of ether oxygens (including phenoxy) is 1. The van der Waals surface area contributed by atoms with Crippen molar-refractivity contribution in [3.05, 3.63) is 0 Å². The lowest BCUT2D eigenvalue weighted by Gasteiger charge is -2.05. The van der Waals surface area contributed by atoms with Crippen molar-refractivity contribution in [2.24, 2.45) is 0 Å². The highest BCUT2D eigenvalue weighted by Crippen LogP contribution is 1.99. The predicted molar refractivity (Wildman–Crippen MR) is 40.8 cm³/mol. The van der Waals surface area contributed by atoms with Gasteiger partial charge in [0.2, 0.25) is 0 Å². The van der Waals surface area contributed by atoms with Gasteiger partial charge in [-0.15, -0.1) is 6.42 Å². The molecule has 0 heterocycles. The van der Waals surface area contributed by atoms with Crippen LogP contribution < -0.4 is 0 Å². The van der Waals surface area contributed by atoms with E-state index in [4.69, 9.17) is 11.0 Å². The predicted octanol–water partition coefficient (Wildman–Crippen LogP) is -0.561. The van der Waals surface area contributed by atoms with E-state index in [1.54, 1.807) is 0 Å². The molecule has 0 aliphatic rings. The largest absolute Gasteiger partial charge is 0.451 e. The van der Waals surface area contributed by atoms with Crippen LogP contribution in [0.3, 0.4) is 0 Å². The minimum atomic E-state index is -4.38. The molecular weight excluding hydrogens is 184 g/mol. The molecule has 0 aromatic carbocycles. The number of carbonyl (C=O) groups excluding carboxylic acids is 1. The van der Waals surface area contributed by atoms with Crippen LogP contribution in [0.1, 0.15) is 6.92 Å². The topological polar surface area (TPSA) is 80.7 Å². The third-order valence-corrected chi connectivity index (χ3v) is 2.16. The van der Waals surface area contributed by atoms with Gasteiger partial charge in [0.1, 0.15) is 0 Å². The molecule has 0 rings (SSSR count). The van der Waals surface area contributed by atoms with Crippen LogP contribution >= 0.6 is 0 Å². The first-order valence-corrected chi connectivity index (χ1v) is 4.46. The SMILES string of the molecule is C#CCOC(=O)C(C)S(=O)(=O)O. The smallest absolute Gasteiger partial charge is 0.327 e. The minimum absolute atomic E-state index is 0.307. The minimum Gasteiger partial charge on any atom is -0.451 e. The first kappa shape index (κ1) is 10.9. The van der Waals surface area contributed by atoms with E-state index in [0.29, 0.717) is 0 Å². The molecule has 6 heteroatoms. The van der Waals surface area contributed by atoms with Gasteiger partial charge in [0.25, 0.3) is 10.1 Å². The molecule has 0 saturated carbocycles. The summed E-state index contributed by atoms with van der Waals surface area (Å²) >= 11 is 0. The molecule has 0 spiro atoms. The van der Waals surface area contributed by atoms with E-state index >= 15 is 0 Å². The van der Waals surface area contributed by atoms with Crippen LogP contribution in [0, 0.1) is 12.3 Å². The maximum atomic E-state index is 10.7. The average molecular weight is 192 g/mol. The zero-order valence-corrected chi connectivity index (χ0v) is 7.17. The first-order chi connectivity index (χ1) is 5.39. The van der Waals surface area contributed by atoms with E-state index in [0.717, 1.165) is 6.92 Å². The number of carbonyl (C=O) groups is 1. The second-order valence-electron chi connectivity index (χ2n) is 1.97. The van der Waals surface area contributed by atoms with Crippen LogP contribution in [0.15, 0.2) is 0 Å². The lowest BCUT2D eigenvalue weighted by molar-refractivity contribution is -0.141. The second kappa shape index (κ2) is 4.09. The molecule has 0 aromatic heterocycles. The molecule has 1 unspecified atom stereocenters. The van der Waals surface area contributed by atoms with E-state index in [2.05, 4.69) is 4.74 Å². The molecule has 0 amide bonds. The van der Waals surface area contributed by atoms with Gasteiger partial charge in [0.15, 0.2) is 11.9 Å². The Morgan fingerprint density at radius 1 is 1.75 bits per heavy atom. The zero-order chi connectivity index (χ0) is 9.78. The molecule has 0 bridgehead atoms. The Morgan fingerprint density at radius 3 is 2.58 bits per heavy atom. The molecule has 68 valence electrons. The monoisotopic (exact) mass is 192 g/mol. The summed E-state index contributed by atoms with van der Waals surface area (Å²) in [6.45, 7) is 0.701. The molecule has 0 saturated heterocycles. The fourth-order valence-corrected chi connectivity index (χ4v) is 0.663. The van der Waals surface area contributed by atoms with Gasteiger partial charge in [-0.3, -0.25) is 9.35 Å². The number of esters is 1. The Morgan fingerprint density at radius 2 is 2.25 bits per heavy atom. The molecule has 12 heavy (non-hydrogen) atoms. The number of rotatable bonds is 3. The van der Waals surface area contributed by atoms with Crippen molar-refractivity contribution in [2.75, 3.05) is 6.61 Å². The zero-order valence-electron chi connectivity index (χ0n) is 6.35. The van der Waals surface area contributed by atoms with Gasteiger partial charge in [-0.1, -0.05) is 5.92 Å². The standard InChI is InChI=1S/C6H8O5S/c1-3-4-11-6(7)5(2)12(8,9)10/h1,5H,4H2,2H3,(H,8,9,10). The summed E-state index contributed by atoms with van der Waals surface area (Å²) in [7, 11) is -4.38. The molecule has 5 nitrogen and oxygen atoms in total. The van der Waals surface area contributed by atoms with Gasteiger partial charge >= 0.3 is 5.97 Å². The van der Waals surface area contributed by atoms with Gasteiger partial charge in [0, 0.05) is 0 Å². The Hall–Kier alpha value is -1.06. The Labute approximate surface area is 70.5 Å². The summed E-state index contributed by atoms with van der Waals surface area (Å²) in [4.78, 5) is 10.7. The highest BCUT2D eigenvalue weighted by Gasteiger charge is 2.26. The van der Waals surface area contributed by atoms with Crippen LogP contribution in [0.25, 0.3) is 0 Å². The summed E-state index contributed by atoms with van der Waals surface area (Å²) in [5, 5.41) is -1.59. The molecule has 0 radical (unpaired) electrons. The lowest BCUT2D eigenvalue weighted by atomic mass is 10.5. The van der Waals surface area contributed by atoms with Gasteiger partial charge in [-0.25, -0.2) is 0 Å². The fraction of sp³-hybridized carbons (Fsp3) is 0.500. The van der Waals surface area contributed by atoms with Gasteiger partial charge < -0.3 is 4.74 Å². The molecule has 0 aromatic rings. The fourth-order valence-electron chi connectivity index (χ4n) is 0.352. The highest BCUT2D eigenvalue weighted by atomic mass is 32.2. The Kier molecular flexibility index (Phi) is 3.73. The average Bonchev–Trinajstić information content (AvgIpc) is 1.97. The van der Waals surface area contributed by atoms with E-state index in [1.165, 1.54) is 0 Å². The summed E-state index contributed by atoms with van der Waals surface area (Å²) in [6, 6.07) is 0.